The average Bonchev–Trinajstić information content (AvgIpc) is 2.59. The molecule has 0 heterocycles. The molecule has 0 fully saturated rings. The Kier molecular flexibility index (Phi) is 7.17. The van der Waals surface area contributed by atoms with Gasteiger partial charge in [0.25, 0.3) is 0 Å². The number of hydrogen-bond acceptors (Lipinski definition) is 3. The molecule has 2 aromatic rings. The second-order valence-electron chi connectivity index (χ2n) is 6.83. The number of ether oxygens (including phenoxy) is 2. The largest absolute Gasteiger partial charge is 0.491 e. The first-order chi connectivity index (χ1) is 12.0. The van der Waals surface area contributed by atoms with Gasteiger partial charge in [0.1, 0.15) is 18.1 Å². The molecule has 3 heteroatoms. The monoisotopic (exact) mass is 341 g/mol. The topological polar surface area (TPSA) is 30.5 Å². The fourth-order valence-corrected chi connectivity index (χ4v) is 2.57. The second-order valence-corrected chi connectivity index (χ2v) is 6.83. The summed E-state index contributed by atoms with van der Waals surface area (Å²) in [6.45, 7) is 12.1. The summed E-state index contributed by atoms with van der Waals surface area (Å²) in [6.07, 6.45) is 1.26. The Hall–Kier alpha value is -2.16. The van der Waals surface area contributed by atoms with Gasteiger partial charge in [-0.05, 0) is 67.6 Å². The highest BCUT2D eigenvalue weighted by Gasteiger charge is 2.08. The lowest BCUT2D eigenvalue weighted by Gasteiger charge is -2.16. The number of hydrogen-bond donors (Lipinski definition) is 1. The molecular formula is C22H31NO2. The lowest BCUT2D eigenvalue weighted by molar-refractivity contribution is 0.217. The van der Waals surface area contributed by atoms with Crippen LogP contribution in [0.2, 0.25) is 0 Å². The van der Waals surface area contributed by atoms with E-state index < -0.39 is 0 Å². The summed E-state index contributed by atoms with van der Waals surface area (Å²) in [5.41, 5.74) is 3.56. The molecule has 0 spiro atoms. The van der Waals surface area contributed by atoms with Crippen molar-refractivity contribution in [2.45, 2.75) is 53.1 Å². The van der Waals surface area contributed by atoms with Crippen LogP contribution >= 0.6 is 0 Å². The molecule has 1 atom stereocenters. The molecule has 3 nitrogen and oxygen atoms in total. The molecule has 0 saturated carbocycles. The minimum absolute atomic E-state index is 0.247. The predicted molar refractivity (Wildman–Crippen MR) is 106 cm³/mol. The van der Waals surface area contributed by atoms with Crippen molar-refractivity contribution in [2.75, 3.05) is 18.5 Å². The zero-order valence-electron chi connectivity index (χ0n) is 16.1. The third kappa shape index (κ3) is 6.00. The molecule has 0 bridgehead atoms. The van der Waals surface area contributed by atoms with E-state index in [0.717, 1.165) is 30.2 Å². The molecule has 136 valence electrons. The van der Waals surface area contributed by atoms with Crippen LogP contribution in [0.4, 0.5) is 5.69 Å². The second kappa shape index (κ2) is 9.36. The zero-order chi connectivity index (χ0) is 18.2. The van der Waals surface area contributed by atoms with Crippen molar-refractivity contribution in [2.24, 2.45) is 0 Å². The first kappa shape index (κ1) is 19.2. The molecule has 2 rings (SSSR count). The van der Waals surface area contributed by atoms with Gasteiger partial charge in [0, 0.05) is 12.2 Å². The Morgan fingerprint density at radius 3 is 2.36 bits per heavy atom. The first-order valence-corrected chi connectivity index (χ1v) is 9.23. The summed E-state index contributed by atoms with van der Waals surface area (Å²) in [4.78, 5) is 0. The van der Waals surface area contributed by atoms with E-state index in [-0.39, 0.29) is 6.10 Å². The van der Waals surface area contributed by atoms with Crippen molar-refractivity contribution >= 4 is 5.69 Å². The van der Waals surface area contributed by atoms with Crippen LogP contribution in [0.1, 0.15) is 51.2 Å². The van der Waals surface area contributed by atoms with Crippen LogP contribution < -0.4 is 14.8 Å². The third-order valence-corrected chi connectivity index (χ3v) is 4.25. The highest BCUT2D eigenvalue weighted by Crippen LogP contribution is 2.27. The lowest BCUT2D eigenvalue weighted by atomic mass is 10.0. The Balaban J connectivity index is 1.82. The molecule has 2 aromatic carbocycles. The van der Waals surface area contributed by atoms with Gasteiger partial charge >= 0.3 is 0 Å². The van der Waals surface area contributed by atoms with Gasteiger partial charge < -0.3 is 14.8 Å². The fraction of sp³-hybridized carbons (Fsp3) is 0.455. The van der Waals surface area contributed by atoms with Crippen molar-refractivity contribution in [1.82, 2.24) is 0 Å². The first-order valence-electron chi connectivity index (χ1n) is 9.23. The van der Waals surface area contributed by atoms with Crippen LogP contribution in [0.3, 0.4) is 0 Å². The van der Waals surface area contributed by atoms with Crippen LogP contribution in [0.15, 0.2) is 42.5 Å². The van der Waals surface area contributed by atoms with E-state index in [4.69, 9.17) is 9.47 Å². The average molecular weight is 341 g/mol. The smallest absolute Gasteiger partial charge is 0.123 e. The van der Waals surface area contributed by atoms with Crippen LogP contribution in [0.5, 0.6) is 11.5 Å². The lowest BCUT2D eigenvalue weighted by Crippen LogP contribution is -2.13. The standard InChI is InChI=1S/C22H31NO2/c1-6-18(5)25-20-10-8-19(9-11-20)23-13-14-24-22-15-17(4)7-12-21(22)16(2)3/h7-12,15-16,18,23H,6,13-14H2,1-5H3/t18-/m0/s1. The number of benzene rings is 2. The van der Waals surface area contributed by atoms with Gasteiger partial charge in [0.05, 0.1) is 6.10 Å². The SMILES string of the molecule is CC[C@H](C)Oc1ccc(NCCOc2cc(C)ccc2C(C)C)cc1. The van der Waals surface area contributed by atoms with Crippen molar-refractivity contribution in [1.29, 1.82) is 0 Å². The number of anilines is 1. The summed E-state index contributed by atoms with van der Waals surface area (Å²) in [6, 6.07) is 14.5. The Labute approximate surface area is 152 Å². The molecule has 25 heavy (non-hydrogen) atoms. The van der Waals surface area contributed by atoms with Crippen LogP contribution in [-0.2, 0) is 0 Å². The minimum Gasteiger partial charge on any atom is -0.491 e. The fourth-order valence-electron chi connectivity index (χ4n) is 2.57. The Bertz CT molecular complexity index is 650. The van der Waals surface area contributed by atoms with E-state index >= 15 is 0 Å². The maximum Gasteiger partial charge on any atom is 0.123 e. The van der Waals surface area contributed by atoms with Gasteiger partial charge in [-0.25, -0.2) is 0 Å². The highest BCUT2D eigenvalue weighted by molar-refractivity contribution is 5.46. The molecule has 0 aliphatic rings. The van der Waals surface area contributed by atoms with E-state index in [1.165, 1.54) is 11.1 Å². The van der Waals surface area contributed by atoms with E-state index in [2.05, 4.69) is 58.1 Å². The normalized spacial score (nSPS) is 12.1. The summed E-state index contributed by atoms with van der Waals surface area (Å²) in [7, 11) is 0. The maximum atomic E-state index is 6.00. The minimum atomic E-state index is 0.247. The Morgan fingerprint density at radius 1 is 1.00 bits per heavy atom. The molecule has 0 aliphatic heterocycles. The van der Waals surface area contributed by atoms with E-state index in [9.17, 15) is 0 Å². The highest BCUT2D eigenvalue weighted by atomic mass is 16.5. The van der Waals surface area contributed by atoms with Gasteiger partial charge in [-0.15, -0.1) is 0 Å². The Morgan fingerprint density at radius 2 is 1.72 bits per heavy atom. The predicted octanol–water partition coefficient (Wildman–Crippen LogP) is 5.79. The summed E-state index contributed by atoms with van der Waals surface area (Å²) in [5, 5.41) is 3.39. The third-order valence-electron chi connectivity index (χ3n) is 4.25. The van der Waals surface area contributed by atoms with Crippen molar-refractivity contribution in [3.05, 3.63) is 53.6 Å². The van der Waals surface area contributed by atoms with Gasteiger partial charge in [0.15, 0.2) is 0 Å². The van der Waals surface area contributed by atoms with Gasteiger partial charge in [-0.3, -0.25) is 0 Å². The number of nitrogens with one attached hydrogen (secondary N) is 1. The molecule has 0 radical (unpaired) electrons. The van der Waals surface area contributed by atoms with Crippen LogP contribution in [0.25, 0.3) is 0 Å². The molecule has 1 N–H and O–H groups in total. The number of aryl methyl sites for hydroxylation is 1. The van der Waals surface area contributed by atoms with E-state index in [1.807, 2.05) is 24.3 Å². The van der Waals surface area contributed by atoms with Gasteiger partial charge in [-0.2, -0.15) is 0 Å². The number of rotatable bonds is 9. The molecule has 0 unspecified atom stereocenters. The molecule has 0 aromatic heterocycles. The van der Waals surface area contributed by atoms with Crippen LogP contribution in [0, 0.1) is 6.92 Å². The van der Waals surface area contributed by atoms with E-state index in [1.54, 1.807) is 0 Å². The molecule has 0 saturated heterocycles. The van der Waals surface area contributed by atoms with Crippen molar-refractivity contribution in [3.63, 3.8) is 0 Å². The maximum absolute atomic E-state index is 6.00. The summed E-state index contributed by atoms with van der Waals surface area (Å²) in [5.74, 6) is 2.37. The molecule has 0 amide bonds. The quantitative estimate of drug-likeness (QED) is 0.586. The summed E-state index contributed by atoms with van der Waals surface area (Å²) < 4.78 is 11.8. The summed E-state index contributed by atoms with van der Waals surface area (Å²) >= 11 is 0. The van der Waals surface area contributed by atoms with Crippen LogP contribution in [-0.4, -0.2) is 19.3 Å². The van der Waals surface area contributed by atoms with E-state index in [0.29, 0.717) is 12.5 Å². The molecule has 0 aliphatic carbocycles. The van der Waals surface area contributed by atoms with Crippen molar-refractivity contribution in [3.8, 4) is 11.5 Å². The van der Waals surface area contributed by atoms with Gasteiger partial charge in [-0.1, -0.05) is 32.9 Å². The molecular weight excluding hydrogens is 310 g/mol. The zero-order valence-corrected chi connectivity index (χ0v) is 16.1. The van der Waals surface area contributed by atoms with Gasteiger partial charge in [0.2, 0.25) is 0 Å². The van der Waals surface area contributed by atoms with Crippen molar-refractivity contribution < 1.29 is 9.47 Å².